The standard InChI is InChI=1S/C18H18ClFN6O2/c1-28-14-3-10(2-11(19)4-14)16(6-21)26-9-13(8-24-26)25-18(27)15-5-12(20)7-23-17(15)22/h2-5,7-9,16H,6,21H2,1H3,(H2,22,23)(H,25,27). The number of amides is 1. The van der Waals surface area contributed by atoms with Gasteiger partial charge in [0.2, 0.25) is 0 Å². The van der Waals surface area contributed by atoms with E-state index in [1.807, 2.05) is 6.07 Å². The Labute approximate surface area is 165 Å². The zero-order chi connectivity index (χ0) is 20.3. The van der Waals surface area contributed by atoms with E-state index in [1.54, 1.807) is 30.1 Å². The van der Waals surface area contributed by atoms with Gasteiger partial charge in [0, 0.05) is 17.8 Å². The lowest BCUT2D eigenvalue weighted by Crippen LogP contribution is -2.21. The summed E-state index contributed by atoms with van der Waals surface area (Å²) in [6.45, 7) is 0.235. The third-order valence-electron chi connectivity index (χ3n) is 4.05. The number of ether oxygens (including phenoxy) is 1. The van der Waals surface area contributed by atoms with Gasteiger partial charge in [-0.3, -0.25) is 9.48 Å². The molecule has 0 aliphatic carbocycles. The number of nitrogens with two attached hydrogens (primary N) is 2. The van der Waals surface area contributed by atoms with Crippen LogP contribution < -0.4 is 21.5 Å². The highest BCUT2D eigenvalue weighted by atomic mass is 35.5. The second kappa shape index (κ2) is 8.24. The first kappa shape index (κ1) is 19.6. The number of nitrogen functional groups attached to an aromatic ring is 1. The predicted octanol–water partition coefficient (Wildman–Crippen LogP) is 2.46. The van der Waals surface area contributed by atoms with Crippen molar-refractivity contribution in [3.8, 4) is 5.75 Å². The zero-order valence-corrected chi connectivity index (χ0v) is 15.7. The quantitative estimate of drug-likeness (QED) is 0.580. The van der Waals surface area contributed by atoms with Crippen LogP contribution in [0.5, 0.6) is 5.75 Å². The van der Waals surface area contributed by atoms with Crippen LogP contribution in [0.15, 0.2) is 42.9 Å². The largest absolute Gasteiger partial charge is 0.497 e. The van der Waals surface area contributed by atoms with Gasteiger partial charge in [0.1, 0.15) is 17.4 Å². The number of benzene rings is 1. The second-order valence-electron chi connectivity index (χ2n) is 5.93. The molecule has 8 nitrogen and oxygen atoms in total. The smallest absolute Gasteiger partial charge is 0.259 e. The maximum absolute atomic E-state index is 13.3. The van der Waals surface area contributed by atoms with E-state index >= 15 is 0 Å². The van der Waals surface area contributed by atoms with Crippen LogP contribution in [0.3, 0.4) is 0 Å². The van der Waals surface area contributed by atoms with Gasteiger partial charge in [-0.2, -0.15) is 5.10 Å². The van der Waals surface area contributed by atoms with Gasteiger partial charge in [0.15, 0.2) is 0 Å². The summed E-state index contributed by atoms with van der Waals surface area (Å²) in [5.41, 5.74) is 12.7. The molecule has 1 atom stereocenters. The van der Waals surface area contributed by atoms with E-state index in [0.717, 1.165) is 17.8 Å². The molecular formula is C18H18ClFN6O2. The zero-order valence-electron chi connectivity index (χ0n) is 14.9. The highest BCUT2D eigenvalue weighted by Crippen LogP contribution is 2.27. The molecule has 0 spiro atoms. The third kappa shape index (κ3) is 4.21. The van der Waals surface area contributed by atoms with Crippen LogP contribution in [0.4, 0.5) is 15.9 Å². The molecule has 28 heavy (non-hydrogen) atoms. The molecule has 10 heteroatoms. The minimum absolute atomic E-state index is 0.0669. The number of pyridine rings is 1. The third-order valence-corrected chi connectivity index (χ3v) is 4.26. The fourth-order valence-electron chi connectivity index (χ4n) is 2.69. The Morgan fingerprint density at radius 2 is 2.14 bits per heavy atom. The first-order valence-electron chi connectivity index (χ1n) is 8.22. The molecule has 0 aliphatic heterocycles. The summed E-state index contributed by atoms with van der Waals surface area (Å²) in [6.07, 6.45) is 3.99. The average molecular weight is 405 g/mol. The van der Waals surface area contributed by atoms with E-state index in [2.05, 4.69) is 15.4 Å². The van der Waals surface area contributed by atoms with Gasteiger partial charge in [-0.1, -0.05) is 11.6 Å². The Morgan fingerprint density at radius 3 is 2.86 bits per heavy atom. The molecule has 3 aromatic rings. The summed E-state index contributed by atoms with van der Waals surface area (Å²) in [4.78, 5) is 16.0. The summed E-state index contributed by atoms with van der Waals surface area (Å²) < 4.78 is 20.2. The Kier molecular flexibility index (Phi) is 5.76. The van der Waals surface area contributed by atoms with Crippen LogP contribution >= 0.6 is 11.6 Å². The number of carbonyl (C=O) groups is 1. The van der Waals surface area contributed by atoms with Gasteiger partial charge >= 0.3 is 0 Å². The molecule has 2 aromatic heterocycles. The first-order valence-corrected chi connectivity index (χ1v) is 8.60. The van der Waals surface area contributed by atoms with Crippen LogP contribution in [0, 0.1) is 5.82 Å². The molecule has 3 rings (SSSR count). The number of halogens is 2. The maximum atomic E-state index is 13.3. The van der Waals surface area contributed by atoms with Crippen LogP contribution in [0.25, 0.3) is 0 Å². The van der Waals surface area contributed by atoms with E-state index in [9.17, 15) is 9.18 Å². The molecule has 1 aromatic carbocycles. The van der Waals surface area contributed by atoms with Crippen LogP contribution in [0.2, 0.25) is 5.02 Å². The highest BCUT2D eigenvalue weighted by molar-refractivity contribution is 6.30. The summed E-state index contributed by atoms with van der Waals surface area (Å²) >= 11 is 6.13. The minimum Gasteiger partial charge on any atom is -0.497 e. The van der Waals surface area contributed by atoms with E-state index in [4.69, 9.17) is 27.8 Å². The molecule has 1 unspecified atom stereocenters. The number of rotatable bonds is 6. The molecule has 0 aliphatic rings. The number of methoxy groups -OCH3 is 1. The van der Waals surface area contributed by atoms with Gasteiger partial charge in [-0.05, 0) is 29.8 Å². The van der Waals surface area contributed by atoms with Crippen molar-refractivity contribution in [1.29, 1.82) is 0 Å². The number of carbonyl (C=O) groups excluding carboxylic acids is 1. The number of hydrogen-bond donors (Lipinski definition) is 3. The molecule has 2 heterocycles. The summed E-state index contributed by atoms with van der Waals surface area (Å²) in [5, 5.41) is 7.37. The SMILES string of the molecule is COc1cc(Cl)cc(C(CN)n2cc(NC(=O)c3cc(F)cnc3N)cn2)c1. The molecule has 0 saturated carbocycles. The topological polar surface area (TPSA) is 121 Å². The Balaban J connectivity index is 1.83. The number of nitrogens with one attached hydrogen (secondary N) is 1. The number of aromatic nitrogens is 3. The van der Waals surface area contributed by atoms with Crippen LogP contribution in [-0.4, -0.2) is 34.3 Å². The van der Waals surface area contributed by atoms with Crippen molar-refractivity contribution in [2.24, 2.45) is 5.73 Å². The molecule has 146 valence electrons. The Bertz CT molecular complexity index is 1010. The van der Waals surface area contributed by atoms with Crippen molar-refractivity contribution >= 4 is 29.0 Å². The van der Waals surface area contributed by atoms with E-state index in [1.165, 1.54) is 6.20 Å². The Morgan fingerprint density at radius 1 is 1.36 bits per heavy atom. The summed E-state index contributed by atoms with van der Waals surface area (Å²) in [7, 11) is 1.54. The fourth-order valence-corrected chi connectivity index (χ4v) is 2.93. The molecule has 1 amide bonds. The Hall–Kier alpha value is -3.17. The van der Waals surface area contributed by atoms with E-state index in [0.29, 0.717) is 16.5 Å². The van der Waals surface area contributed by atoms with Crippen LogP contribution in [0.1, 0.15) is 22.0 Å². The van der Waals surface area contributed by atoms with Crippen molar-refractivity contribution in [1.82, 2.24) is 14.8 Å². The lowest BCUT2D eigenvalue weighted by atomic mass is 10.1. The van der Waals surface area contributed by atoms with Gasteiger partial charge in [-0.15, -0.1) is 0 Å². The van der Waals surface area contributed by atoms with E-state index in [-0.39, 0.29) is 24.0 Å². The highest BCUT2D eigenvalue weighted by Gasteiger charge is 2.17. The van der Waals surface area contributed by atoms with Crippen molar-refractivity contribution in [2.75, 3.05) is 24.7 Å². The monoisotopic (exact) mass is 404 g/mol. The number of anilines is 2. The van der Waals surface area contributed by atoms with Crippen molar-refractivity contribution in [3.63, 3.8) is 0 Å². The summed E-state index contributed by atoms with van der Waals surface area (Å²) in [5.74, 6) is -0.737. The van der Waals surface area contributed by atoms with E-state index < -0.39 is 11.7 Å². The van der Waals surface area contributed by atoms with Gasteiger partial charge in [-0.25, -0.2) is 9.37 Å². The molecule has 0 saturated heterocycles. The molecule has 5 N–H and O–H groups in total. The molecule has 0 fully saturated rings. The second-order valence-corrected chi connectivity index (χ2v) is 6.36. The number of hydrogen-bond acceptors (Lipinski definition) is 6. The predicted molar refractivity (Wildman–Crippen MR) is 104 cm³/mol. The number of nitrogens with zero attached hydrogens (tertiary/aromatic N) is 3. The van der Waals surface area contributed by atoms with Crippen molar-refractivity contribution in [2.45, 2.75) is 6.04 Å². The molecular weight excluding hydrogens is 387 g/mol. The average Bonchev–Trinajstić information content (AvgIpc) is 3.11. The van der Waals surface area contributed by atoms with Crippen LogP contribution in [-0.2, 0) is 0 Å². The van der Waals surface area contributed by atoms with Gasteiger partial charge < -0.3 is 21.5 Å². The van der Waals surface area contributed by atoms with Gasteiger partial charge in [0.05, 0.1) is 36.8 Å². The first-order chi connectivity index (χ1) is 13.4. The maximum Gasteiger partial charge on any atom is 0.259 e. The van der Waals surface area contributed by atoms with Gasteiger partial charge in [0.25, 0.3) is 5.91 Å². The molecule has 0 bridgehead atoms. The molecule has 0 radical (unpaired) electrons. The van der Waals surface area contributed by atoms with Crippen molar-refractivity contribution in [3.05, 3.63) is 64.8 Å². The fraction of sp³-hybridized carbons (Fsp3) is 0.167. The summed E-state index contributed by atoms with van der Waals surface area (Å²) in [6, 6.07) is 5.94. The lowest BCUT2D eigenvalue weighted by molar-refractivity contribution is 0.102. The minimum atomic E-state index is -0.659. The normalized spacial score (nSPS) is 11.9. The lowest BCUT2D eigenvalue weighted by Gasteiger charge is -2.17. The van der Waals surface area contributed by atoms with Crippen molar-refractivity contribution < 1.29 is 13.9 Å².